The summed E-state index contributed by atoms with van der Waals surface area (Å²) in [6.07, 6.45) is 0.892. The normalized spacial score (nSPS) is 19.7. The topological polar surface area (TPSA) is 85.4 Å². The third-order valence-corrected chi connectivity index (χ3v) is 4.91. The molecule has 0 aromatic heterocycles. The number of carbonyl (C=O) groups excluding carboxylic acids is 3. The minimum absolute atomic E-state index is 0.0521. The molecule has 2 fully saturated rings. The molecule has 0 bridgehead atoms. The average Bonchev–Trinajstić information content (AvgIpc) is 3.49. The molecule has 1 heterocycles. The van der Waals surface area contributed by atoms with E-state index in [9.17, 15) is 14.4 Å². The lowest BCUT2D eigenvalue weighted by Gasteiger charge is -2.30. The van der Waals surface area contributed by atoms with E-state index in [4.69, 9.17) is 14.2 Å². The first-order chi connectivity index (χ1) is 13.0. The Labute approximate surface area is 158 Å². The highest BCUT2D eigenvalue weighted by Crippen LogP contribution is 2.34. The Morgan fingerprint density at radius 3 is 2.30 bits per heavy atom. The van der Waals surface area contributed by atoms with E-state index >= 15 is 0 Å². The monoisotopic (exact) mass is 376 g/mol. The van der Waals surface area contributed by atoms with E-state index in [0.29, 0.717) is 11.4 Å². The second-order valence-corrected chi connectivity index (χ2v) is 6.65. The summed E-state index contributed by atoms with van der Waals surface area (Å²) in [5, 5.41) is 0. The van der Waals surface area contributed by atoms with Crippen molar-refractivity contribution in [3.8, 4) is 5.75 Å². The summed E-state index contributed by atoms with van der Waals surface area (Å²) < 4.78 is 15.5. The maximum atomic E-state index is 13.0. The number of amides is 3. The summed E-state index contributed by atoms with van der Waals surface area (Å²) in [7, 11) is 4.49. The zero-order valence-corrected chi connectivity index (χ0v) is 15.7. The van der Waals surface area contributed by atoms with E-state index in [1.807, 2.05) is 0 Å². The van der Waals surface area contributed by atoms with Gasteiger partial charge >= 0.3 is 0 Å². The molecule has 3 amide bonds. The van der Waals surface area contributed by atoms with E-state index in [1.54, 1.807) is 31.4 Å². The Hall–Kier alpha value is -2.45. The molecule has 146 valence electrons. The Morgan fingerprint density at radius 1 is 1.15 bits per heavy atom. The highest BCUT2D eigenvalue weighted by molar-refractivity contribution is 6.23. The van der Waals surface area contributed by atoms with Crippen molar-refractivity contribution < 1.29 is 28.6 Å². The smallest absolute Gasteiger partial charge is 0.257 e. The van der Waals surface area contributed by atoms with Crippen LogP contribution in [0.5, 0.6) is 5.75 Å². The molecule has 0 spiro atoms. The minimum Gasteiger partial charge on any atom is -0.497 e. The average molecular weight is 376 g/mol. The van der Waals surface area contributed by atoms with Crippen LogP contribution >= 0.6 is 0 Å². The number of nitrogens with zero attached hydrogens (tertiary/aromatic N) is 2. The molecule has 1 atom stereocenters. The minimum atomic E-state index is -0.847. The standard InChI is InChI=1S/C19H24N2O6/c1-25-14-8-6-13(7-9-14)21-16(22)10-15(19(21)24)20(11-17(26-2)27-3)18(23)12-4-5-12/h6-9,12,15,17H,4-5,10-11H2,1-3H3. The number of hydrogen-bond donors (Lipinski definition) is 0. The summed E-state index contributed by atoms with van der Waals surface area (Å²) in [5.41, 5.74) is 0.460. The first-order valence-electron chi connectivity index (χ1n) is 8.87. The van der Waals surface area contributed by atoms with Gasteiger partial charge in [0.15, 0.2) is 6.29 Å². The third-order valence-electron chi connectivity index (χ3n) is 4.91. The summed E-state index contributed by atoms with van der Waals surface area (Å²) in [6, 6.07) is 5.82. The fraction of sp³-hybridized carbons (Fsp3) is 0.526. The molecule has 2 aliphatic rings. The van der Waals surface area contributed by atoms with Crippen LogP contribution in [0.1, 0.15) is 19.3 Å². The molecule has 8 nitrogen and oxygen atoms in total. The van der Waals surface area contributed by atoms with Gasteiger partial charge in [-0.2, -0.15) is 0 Å². The van der Waals surface area contributed by atoms with Gasteiger partial charge in [-0.05, 0) is 37.1 Å². The molecule has 1 aliphatic carbocycles. The second-order valence-electron chi connectivity index (χ2n) is 6.65. The van der Waals surface area contributed by atoms with Gasteiger partial charge in [-0.15, -0.1) is 0 Å². The fourth-order valence-electron chi connectivity index (χ4n) is 3.20. The van der Waals surface area contributed by atoms with Crippen molar-refractivity contribution in [3.63, 3.8) is 0 Å². The molecule has 8 heteroatoms. The van der Waals surface area contributed by atoms with Crippen molar-refractivity contribution in [2.75, 3.05) is 32.8 Å². The highest BCUT2D eigenvalue weighted by Gasteiger charge is 2.47. The number of benzene rings is 1. The van der Waals surface area contributed by atoms with Crippen LogP contribution in [0.15, 0.2) is 24.3 Å². The van der Waals surface area contributed by atoms with Crippen LogP contribution in [-0.4, -0.2) is 62.8 Å². The third kappa shape index (κ3) is 3.96. The van der Waals surface area contributed by atoms with Crippen LogP contribution in [-0.2, 0) is 23.9 Å². The Bertz CT molecular complexity index is 711. The fourth-order valence-corrected chi connectivity index (χ4v) is 3.20. The second kappa shape index (κ2) is 8.06. The molecule has 1 saturated heterocycles. The van der Waals surface area contributed by atoms with Gasteiger partial charge in [-0.25, -0.2) is 4.90 Å². The first-order valence-corrected chi connectivity index (χ1v) is 8.87. The number of methoxy groups -OCH3 is 3. The maximum Gasteiger partial charge on any atom is 0.257 e. The molecule has 1 aliphatic heterocycles. The van der Waals surface area contributed by atoms with Gasteiger partial charge < -0.3 is 19.1 Å². The molecule has 1 aromatic carbocycles. The van der Waals surface area contributed by atoms with Crippen molar-refractivity contribution in [1.82, 2.24) is 4.90 Å². The quantitative estimate of drug-likeness (QED) is 0.500. The Balaban J connectivity index is 1.83. The molecule has 27 heavy (non-hydrogen) atoms. The molecule has 1 aromatic rings. The van der Waals surface area contributed by atoms with Crippen molar-refractivity contribution in [2.24, 2.45) is 5.92 Å². The lowest BCUT2D eigenvalue weighted by atomic mass is 10.1. The van der Waals surface area contributed by atoms with Crippen LogP contribution in [0.3, 0.4) is 0 Å². The molecule has 3 rings (SSSR count). The van der Waals surface area contributed by atoms with Crippen LogP contribution in [0.25, 0.3) is 0 Å². The van der Waals surface area contributed by atoms with Gasteiger partial charge in [-0.3, -0.25) is 14.4 Å². The molecule has 0 radical (unpaired) electrons. The van der Waals surface area contributed by atoms with E-state index in [0.717, 1.165) is 17.7 Å². The Kier molecular flexibility index (Phi) is 5.76. The summed E-state index contributed by atoms with van der Waals surface area (Å²) >= 11 is 0. The van der Waals surface area contributed by atoms with E-state index in [-0.39, 0.29) is 30.7 Å². The van der Waals surface area contributed by atoms with Gasteiger partial charge in [0, 0.05) is 20.1 Å². The summed E-state index contributed by atoms with van der Waals surface area (Å²) in [6.45, 7) is 0.0997. The van der Waals surface area contributed by atoms with Crippen molar-refractivity contribution >= 4 is 23.4 Å². The predicted octanol–water partition coefficient (Wildman–Crippen LogP) is 1.18. The molecular formula is C19H24N2O6. The number of hydrogen-bond acceptors (Lipinski definition) is 6. The van der Waals surface area contributed by atoms with E-state index in [1.165, 1.54) is 19.1 Å². The van der Waals surface area contributed by atoms with Crippen LogP contribution in [0.2, 0.25) is 0 Å². The van der Waals surface area contributed by atoms with Gasteiger partial charge in [-0.1, -0.05) is 0 Å². The van der Waals surface area contributed by atoms with Crippen LogP contribution in [0, 0.1) is 5.92 Å². The molecule has 1 unspecified atom stereocenters. The summed E-state index contributed by atoms with van der Waals surface area (Å²) in [5.74, 6) is -0.336. The lowest BCUT2D eigenvalue weighted by molar-refractivity contribution is -0.153. The van der Waals surface area contributed by atoms with E-state index in [2.05, 4.69) is 0 Å². The summed E-state index contributed by atoms with van der Waals surface area (Å²) in [4.78, 5) is 40.9. The van der Waals surface area contributed by atoms with Crippen LogP contribution < -0.4 is 9.64 Å². The number of carbonyl (C=O) groups is 3. The number of ether oxygens (including phenoxy) is 3. The zero-order chi connectivity index (χ0) is 19.6. The number of anilines is 1. The van der Waals surface area contributed by atoms with Gasteiger partial charge in [0.1, 0.15) is 11.8 Å². The SMILES string of the molecule is COc1ccc(N2C(=O)CC(N(CC(OC)OC)C(=O)C3CC3)C2=O)cc1. The van der Waals surface area contributed by atoms with Crippen molar-refractivity contribution in [2.45, 2.75) is 31.6 Å². The van der Waals surface area contributed by atoms with Gasteiger partial charge in [0.25, 0.3) is 5.91 Å². The Morgan fingerprint density at radius 2 is 1.78 bits per heavy atom. The molecule has 1 saturated carbocycles. The maximum absolute atomic E-state index is 13.0. The van der Waals surface area contributed by atoms with E-state index < -0.39 is 18.2 Å². The van der Waals surface area contributed by atoms with Gasteiger partial charge in [0.2, 0.25) is 11.8 Å². The zero-order valence-electron chi connectivity index (χ0n) is 15.7. The van der Waals surface area contributed by atoms with Crippen molar-refractivity contribution in [3.05, 3.63) is 24.3 Å². The highest BCUT2D eigenvalue weighted by atomic mass is 16.7. The van der Waals surface area contributed by atoms with Gasteiger partial charge in [0.05, 0.1) is 25.8 Å². The number of imide groups is 1. The largest absolute Gasteiger partial charge is 0.497 e. The van der Waals surface area contributed by atoms with Crippen LogP contribution in [0.4, 0.5) is 5.69 Å². The molecule has 0 N–H and O–H groups in total. The first kappa shape index (κ1) is 19.3. The predicted molar refractivity (Wildman–Crippen MR) is 96.1 cm³/mol. The lowest BCUT2D eigenvalue weighted by Crippen LogP contribution is -2.49. The number of rotatable bonds is 8. The van der Waals surface area contributed by atoms with Crippen molar-refractivity contribution in [1.29, 1.82) is 0 Å². The molecular weight excluding hydrogens is 352 g/mol.